The Balaban J connectivity index is 2.93. The van der Waals surface area contributed by atoms with Crippen molar-refractivity contribution in [1.82, 2.24) is 5.32 Å². The lowest BCUT2D eigenvalue weighted by Gasteiger charge is -2.29. The molecule has 2 unspecified atom stereocenters. The minimum absolute atomic E-state index is 0.0391. The quantitative estimate of drug-likeness (QED) is 0.716. The summed E-state index contributed by atoms with van der Waals surface area (Å²) < 4.78 is 5.39. The summed E-state index contributed by atoms with van der Waals surface area (Å²) in [5.41, 5.74) is 2.01. The van der Waals surface area contributed by atoms with E-state index in [1.165, 1.54) is 0 Å². The molecule has 0 radical (unpaired) electrons. The van der Waals surface area contributed by atoms with Gasteiger partial charge in [-0.15, -0.1) is 0 Å². The van der Waals surface area contributed by atoms with Crippen LogP contribution in [-0.2, 0) is 0 Å². The summed E-state index contributed by atoms with van der Waals surface area (Å²) in [6.07, 6.45) is 1.73. The van der Waals surface area contributed by atoms with Gasteiger partial charge in [-0.3, -0.25) is 0 Å². The third kappa shape index (κ3) is 4.50. The molecule has 20 heavy (non-hydrogen) atoms. The zero-order chi connectivity index (χ0) is 15.1. The fourth-order valence-electron chi connectivity index (χ4n) is 2.44. The van der Waals surface area contributed by atoms with Gasteiger partial charge in [0.05, 0.1) is 13.2 Å². The van der Waals surface area contributed by atoms with Gasteiger partial charge in [-0.05, 0) is 37.9 Å². The lowest BCUT2D eigenvalue weighted by atomic mass is 9.92. The zero-order valence-electron chi connectivity index (χ0n) is 13.4. The number of aryl methyl sites for hydroxylation is 1. The van der Waals surface area contributed by atoms with E-state index in [0.29, 0.717) is 5.92 Å². The van der Waals surface area contributed by atoms with Gasteiger partial charge in [0.25, 0.3) is 0 Å². The molecular weight excluding hydrogens is 250 g/mol. The van der Waals surface area contributed by atoms with Gasteiger partial charge in [0, 0.05) is 11.6 Å². The molecule has 0 aliphatic heterocycles. The summed E-state index contributed by atoms with van der Waals surface area (Å²) in [6, 6.07) is 5.99. The molecule has 0 fully saturated rings. The summed E-state index contributed by atoms with van der Waals surface area (Å²) in [4.78, 5) is 0. The zero-order valence-corrected chi connectivity index (χ0v) is 13.4. The first kappa shape index (κ1) is 17.0. The number of methoxy groups -OCH3 is 1. The Labute approximate surface area is 123 Å². The van der Waals surface area contributed by atoms with Crippen LogP contribution in [0, 0.1) is 12.8 Å². The van der Waals surface area contributed by atoms with Crippen LogP contribution in [0.3, 0.4) is 0 Å². The highest BCUT2D eigenvalue weighted by Gasteiger charge is 2.26. The van der Waals surface area contributed by atoms with E-state index in [9.17, 15) is 5.11 Å². The Morgan fingerprint density at radius 1 is 1.30 bits per heavy atom. The van der Waals surface area contributed by atoms with E-state index in [1.54, 1.807) is 7.11 Å². The van der Waals surface area contributed by atoms with E-state index in [2.05, 4.69) is 26.1 Å². The number of unbranched alkanes of at least 4 members (excludes halogenated alkanes) is 1. The maximum Gasteiger partial charge on any atom is 0.124 e. The van der Waals surface area contributed by atoms with E-state index in [0.717, 1.165) is 36.3 Å². The van der Waals surface area contributed by atoms with Crippen molar-refractivity contribution < 1.29 is 9.84 Å². The number of aliphatic hydroxyl groups excluding tert-OH is 1. The van der Waals surface area contributed by atoms with Crippen LogP contribution in [0.1, 0.15) is 50.8 Å². The number of hydrogen-bond donors (Lipinski definition) is 2. The van der Waals surface area contributed by atoms with Gasteiger partial charge >= 0.3 is 0 Å². The third-order valence-electron chi connectivity index (χ3n) is 3.67. The molecular formula is C17H29NO2. The topological polar surface area (TPSA) is 41.5 Å². The van der Waals surface area contributed by atoms with Crippen LogP contribution in [0.4, 0.5) is 0 Å². The molecule has 0 aliphatic rings. The van der Waals surface area contributed by atoms with E-state index >= 15 is 0 Å². The molecule has 114 valence electrons. The van der Waals surface area contributed by atoms with Crippen molar-refractivity contribution >= 4 is 0 Å². The van der Waals surface area contributed by atoms with Crippen LogP contribution >= 0.6 is 0 Å². The molecule has 0 heterocycles. The number of rotatable bonds is 8. The molecule has 0 aromatic heterocycles. The van der Waals surface area contributed by atoms with Crippen molar-refractivity contribution in [2.45, 2.75) is 52.7 Å². The second-order valence-corrected chi connectivity index (χ2v) is 5.77. The minimum Gasteiger partial charge on any atom is -0.496 e. The normalized spacial score (nSPS) is 14.3. The lowest BCUT2D eigenvalue weighted by Crippen LogP contribution is -2.40. The van der Waals surface area contributed by atoms with Crippen molar-refractivity contribution in [3.63, 3.8) is 0 Å². The summed E-state index contributed by atoms with van der Waals surface area (Å²) >= 11 is 0. The largest absolute Gasteiger partial charge is 0.496 e. The standard InChI is InChI=1S/C17H29NO2/c1-6-7-10-18-16(12(2)3)17(19)14-11-13(4)8-9-15(14)20-5/h8-9,11-12,16-19H,6-7,10H2,1-5H3. The predicted molar refractivity (Wildman–Crippen MR) is 84.2 cm³/mol. The first-order chi connectivity index (χ1) is 9.51. The monoisotopic (exact) mass is 279 g/mol. The maximum atomic E-state index is 10.7. The average molecular weight is 279 g/mol. The second kappa shape index (κ2) is 8.28. The summed E-state index contributed by atoms with van der Waals surface area (Å²) in [7, 11) is 1.65. The molecule has 0 amide bonds. The first-order valence-electron chi connectivity index (χ1n) is 7.57. The van der Waals surface area contributed by atoms with E-state index in [4.69, 9.17) is 4.74 Å². The Morgan fingerprint density at radius 2 is 2.00 bits per heavy atom. The van der Waals surface area contributed by atoms with Gasteiger partial charge in [0.15, 0.2) is 0 Å². The van der Waals surface area contributed by atoms with Gasteiger partial charge in [0.2, 0.25) is 0 Å². The van der Waals surface area contributed by atoms with E-state index in [-0.39, 0.29) is 6.04 Å². The Kier molecular flexibility index (Phi) is 7.03. The summed E-state index contributed by atoms with van der Waals surface area (Å²) in [5, 5.41) is 14.2. The van der Waals surface area contributed by atoms with Crippen LogP contribution in [0.5, 0.6) is 5.75 Å². The number of hydrogen-bond acceptors (Lipinski definition) is 3. The Morgan fingerprint density at radius 3 is 2.55 bits per heavy atom. The summed E-state index contributed by atoms with van der Waals surface area (Å²) in [5.74, 6) is 1.11. The average Bonchev–Trinajstić information content (AvgIpc) is 2.42. The van der Waals surface area contributed by atoms with Crippen molar-refractivity contribution in [2.24, 2.45) is 5.92 Å². The highest BCUT2D eigenvalue weighted by molar-refractivity contribution is 5.39. The number of aliphatic hydroxyl groups is 1. The molecule has 1 rings (SSSR count). The minimum atomic E-state index is -0.554. The molecule has 0 saturated carbocycles. The Bertz CT molecular complexity index is 404. The molecule has 3 heteroatoms. The van der Waals surface area contributed by atoms with Gasteiger partial charge in [0.1, 0.15) is 5.75 Å². The lowest BCUT2D eigenvalue weighted by molar-refractivity contribution is 0.102. The fourth-order valence-corrected chi connectivity index (χ4v) is 2.44. The van der Waals surface area contributed by atoms with Crippen LogP contribution in [0.15, 0.2) is 18.2 Å². The number of ether oxygens (including phenoxy) is 1. The van der Waals surface area contributed by atoms with Crippen LogP contribution < -0.4 is 10.1 Å². The van der Waals surface area contributed by atoms with Crippen molar-refractivity contribution in [2.75, 3.05) is 13.7 Å². The van der Waals surface area contributed by atoms with E-state index < -0.39 is 6.10 Å². The molecule has 0 bridgehead atoms. The second-order valence-electron chi connectivity index (χ2n) is 5.77. The fraction of sp³-hybridized carbons (Fsp3) is 0.647. The van der Waals surface area contributed by atoms with Crippen LogP contribution in [0.25, 0.3) is 0 Å². The van der Waals surface area contributed by atoms with Crippen LogP contribution in [0.2, 0.25) is 0 Å². The van der Waals surface area contributed by atoms with Crippen molar-refractivity contribution in [3.05, 3.63) is 29.3 Å². The smallest absolute Gasteiger partial charge is 0.124 e. The van der Waals surface area contributed by atoms with Crippen molar-refractivity contribution in [1.29, 1.82) is 0 Å². The van der Waals surface area contributed by atoms with Crippen LogP contribution in [-0.4, -0.2) is 24.8 Å². The molecule has 1 aromatic rings. The summed E-state index contributed by atoms with van der Waals surface area (Å²) in [6.45, 7) is 9.41. The molecule has 3 nitrogen and oxygen atoms in total. The number of nitrogens with one attached hydrogen (secondary N) is 1. The predicted octanol–water partition coefficient (Wildman–Crippen LogP) is 3.45. The van der Waals surface area contributed by atoms with Crippen molar-refractivity contribution in [3.8, 4) is 5.75 Å². The third-order valence-corrected chi connectivity index (χ3v) is 3.67. The molecule has 2 N–H and O–H groups in total. The number of benzene rings is 1. The SMILES string of the molecule is CCCCNC(C(C)C)C(O)c1cc(C)ccc1OC. The first-order valence-corrected chi connectivity index (χ1v) is 7.57. The van der Waals surface area contributed by atoms with Gasteiger partial charge in [-0.25, -0.2) is 0 Å². The maximum absolute atomic E-state index is 10.7. The highest BCUT2D eigenvalue weighted by Crippen LogP contribution is 2.30. The molecule has 0 saturated heterocycles. The highest BCUT2D eigenvalue weighted by atomic mass is 16.5. The van der Waals surface area contributed by atoms with Gasteiger partial charge in [-0.1, -0.05) is 38.8 Å². The van der Waals surface area contributed by atoms with Gasteiger partial charge < -0.3 is 15.2 Å². The Hall–Kier alpha value is -1.06. The van der Waals surface area contributed by atoms with E-state index in [1.807, 2.05) is 25.1 Å². The molecule has 0 spiro atoms. The molecule has 1 aromatic carbocycles. The van der Waals surface area contributed by atoms with Gasteiger partial charge in [-0.2, -0.15) is 0 Å². The molecule has 2 atom stereocenters. The molecule has 0 aliphatic carbocycles.